The summed E-state index contributed by atoms with van der Waals surface area (Å²) in [6.45, 7) is 10.8. The summed E-state index contributed by atoms with van der Waals surface area (Å²) in [6.07, 6.45) is 2.16. The molecule has 0 bridgehead atoms. The zero-order valence-electron chi connectivity index (χ0n) is 10.0. The molecule has 0 aromatic carbocycles. The maximum Gasteiger partial charge on any atom is 0.333 e. The summed E-state index contributed by atoms with van der Waals surface area (Å²) in [5.74, 6) is -0.277. The predicted octanol–water partition coefficient (Wildman–Crippen LogP) is 2.70. The third-order valence-corrected chi connectivity index (χ3v) is 2.23. The highest BCUT2D eigenvalue weighted by atomic mass is 16.5. The van der Waals surface area contributed by atoms with E-state index in [0.717, 1.165) is 12.8 Å². The Morgan fingerprint density at radius 1 is 1.33 bits per heavy atom. The Labute approximate surface area is 92.5 Å². The Bertz CT molecular complexity index is 199. The average Bonchev–Trinajstić information content (AvgIpc) is 2.26. The maximum absolute atomic E-state index is 11.4. The number of hydrogen-bond donors (Lipinski definition) is 0. The molecule has 0 saturated carbocycles. The standard InChI is InChI=1S/C12H22O3/c1-5-10(4)12(13)15-11(6-2)8-9-14-7-3/h11H,4-9H2,1-3H3. The highest BCUT2D eigenvalue weighted by molar-refractivity contribution is 5.87. The van der Waals surface area contributed by atoms with Gasteiger partial charge in [-0.3, -0.25) is 0 Å². The zero-order chi connectivity index (χ0) is 11.7. The Kier molecular flexibility index (Phi) is 8.01. The molecule has 0 fully saturated rings. The minimum atomic E-state index is -0.277. The largest absolute Gasteiger partial charge is 0.459 e. The summed E-state index contributed by atoms with van der Waals surface area (Å²) in [4.78, 5) is 11.4. The van der Waals surface area contributed by atoms with Crippen molar-refractivity contribution in [3.63, 3.8) is 0 Å². The fraction of sp³-hybridized carbons (Fsp3) is 0.750. The number of esters is 1. The van der Waals surface area contributed by atoms with Gasteiger partial charge in [-0.1, -0.05) is 20.4 Å². The van der Waals surface area contributed by atoms with Crippen LogP contribution in [0.15, 0.2) is 12.2 Å². The van der Waals surface area contributed by atoms with E-state index < -0.39 is 0 Å². The van der Waals surface area contributed by atoms with Crippen LogP contribution in [0.2, 0.25) is 0 Å². The first-order chi connectivity index (χ1) is 7.15. The summed E-state index contributed by atoms with van der Waals surface area (Å²) in [5.41, 5.74) is 0.532. The molecule has 0 aromatic rings. The SMILES string of the molecule is C=C(CC)C(=O)OC(CC)CCOCC. The summed E-state index contributed by atoms with van der Waals surface area (Å²) in [5, 5.41) is 0. The molecule has 15 heavy (non-hydrogen) atoms. The van der Waals surface area contributed by atoms with Gasteiger partial charge in [0, 0.05) is 18.6 Å². The van der Waals surface area contributed by atoms with Crippen LogP contribution < -0.4 is 0 Å². The van der Waals surface area contributed by atoms with Crippen molar-refractivity contribution in [3.05, 3.63) is 12.2 Å². The molecule has 3 heteroatoms. The molecular weight excluding hydrogens is 192 g/mol. The van der Waals surface area contributed by atoms with Crippen LogP contribution >= 0.6 is 0 Å². The van der Waals surface area contributed by atoms with Crippen molar-refractivity contribution in [2.24, 2.45) is 0 Å². The average molecular weight is 214 g/mol. The Hall–Kier alpha value is -0.830. The predicted molar refractivity (Wildman–Crippen MR) is 60.7 cm³/mol. The first kappa shape index (κ1) is 14.2. The van der Waals surface area contributed by atoms with E-state index in [1.165, 1.54) is 0 Å². The van der Waals surface area contributed by atoms with Crippen molar-refractivity contribution in [2.75, 3.05) is 13.2 Å². The molecule has 0 amide bonds. The van der Waals surface area contributed by atoms with E-state index in [2.05, 4.69) is 6.58 Å². The van der Waals surface area contributed by atoms with Gasteiger partial charge >= 0.3 is 5.97 Å². The van der Waals surface area contributed by atoms with E-state index in [0.29, 0.717) is 25.2 Å². The van der Waals surface area contributed by atoms with Crippen LogP contribution in [-0.2, 0) is 14.3 Å². The van der Waals surface area contributed by atoms with Gasteiger partial charge in [0.05, 0.1) is 6.61 Å². The van der Waals surface area contributed by atoms with E-state index >= 15 is 0 Å². The summed E-state index contributed by atoms with van der Waals surface area (Å²) in [7, 11) is 0. The number of hydrogen-bond acceptors (Lipinski definition) is 3. The lowest BCUT2D eigenvalue weighted by molar-refractivity contribution is -0.145. The first-order valence-electron chi connectivity index (χ1n) is 5.62. The molecule has 0 aliphatic rings. The third kappa shape index (κ3) is 6.28. The molecule has 1 unspecified atom stereocenters. The molecule has 0 N–H and O–H groups in total. The first-order valence-corrected chi connectivity index (χ1v) is 5.62. The summed E-state index contributed by atoms with van der Waals surface area (Å²) < 4.78 is 10.5. The van der Waals surface area contributed by atoms with E-state index in [9.17, 15) is 4.79 Å². The van der Waals surface area contributed by atoms with Crippen LogP contribution in [0.3, 0.4) is 0 Å². The van der Waals surface area contributed by atoms with Gasteiger partial charge in [0.25, 0.3) is 0 Å². The minimum absolute atomic E-state index is 0.0488. The minimum Gasteiger partial charge on any atom is -0.459 e. The Morgan fingerprint density at radius 3 is 2.47 bits per heavy atom. The molecule has 0 aliphatic heterocycles. The zero-order valence-corrected chi connectivity index (χ0v) is 10.0. The molecule has 0 saturated heterocycles. The van der Waals surface area contributed by atoms with E-state index in [1.54, 1.807) is 0 Å². The van der Waals surface area contributed by atoms with Gasteiger partial charge in [-0.05, 0) is 19.8 Å². The van der Waals surface area contributed by atoms with Crippen molar-refractivity contribution in [2.45, 2.75) is 46.1 Å². The number of carbonyl (C=O) groups is 1. The lowest BCUT2D eigenvalue weighted by Crippen LogP contribution is -2.20. The van der Waals surface area contributed by atoms with Gasteiger partial charge in [0.15, 0.2) is 0 Å². The maximum atomic E-state index is 11.4. The summed E-state index contributed by atoms with van der Waals surface area (Å²) in [6, 6.07) is 0. The number of rotatable bonds is 8. The molecule has 0 aliphatic carbocycles. The third-order valence-electron chi connectivity index (χ3n) is 2.23. The Morgan fingerprint density at radius 2 is 2.00 bits per heavy atom. The molecular formula is C12H22O3. The Balaban J connectivity index is 3.87. The fourth-order valence-corrected chi connectivity index (χ4v) is 1.08. The van der Waals surface area contributed by atoms with Gasteiger partial charge in [-0.15, -0.1) is 0 Å². The molecule has 3 nitrogen and oxygen atoms in total. The van der Waals surface area contributed by atoms with Gasteiger partial charge in [0.1, 0.15) is 6.10 Å². The van der Waals surface area contributed by atoms with Gasteiger partial charge < -0.3 is 9.47 Å². The van der Waals surface area contributed by atoms with Crippen molar-refractivity contribution in [1.29, 1.82) is 0 Å². The van der Waals surface area contributed by atoms with Gasteiger partial charge in [-0.25, -0.2) is 4.79 Å². The van der Waals surface area contributed by atoms with Crippen molar-refractivity contribution >= 4 is 5.97 Å². The molecule has 0 rings (SSSR count). The smallest absolute Gasteiger partial charge is 0.333 e. The fourth-order valence-electron chi connectivity index (χ4n) is 1.08. The van der Waals surface area contributed by atoms with Crippen molar-refractivity contribution in [3.8, 4) is 0 Å². The molecule has 0 spiro atoms. The summed E-state index contributed by atoms with van der Waals surface area (Å²) >= 11 is 0. The lowest BCUT2D eigenvalue weighted by Gasteiger charge is -2.16. The van der Waals surface area contributed by atoms with Crippen LogP contribution in [0, 0.1) is 0 Å². The highest BCUT2D eigenvalue weighted by Crippen LogP contribution is 2.08. The van der Waals surface area contributed by atoms with E-state index in [1.807, 2.05) is 20.8 Å². The van der Waals surface area contributed by atoms with Crippen molar-refractivity contribution < 1.29 is 14.3 Å². The van der Waals surface area contributed by atoms with E-state index in [4.69, 9.17) is 9.47 Å². The monoisotopic (exact) mass is 214 g/mol. The lowest BCUT2D eigenvalue weighted by atomic mass is 10.2. The number of ether oxygens (including phenoxy) is 2. The molecule has 0 radical (unpaired) electrons. The van der Waals surface area contributed by atoms with Crippen LogP contribution in [0.4, 0.5) is 0 Å². The molecule has 1 atom stereocenters. The van der Waals surface area contributed by atoms with Gasteiger partial charge in [0.2, 0.25) is 0 Å². The second-order valence-electron chi connectivity index (χ2n) is 3.38. The van der Waals surface area contributed by atoms with Crippen LogP contribution in [0.1, 0.15) is 40.0 Å². The molecule has 0 aromatic heterocycles. The highest BCUT2D eigenvalue weighted by Gasteiger charge is 2.13. The quantitative estimate of drug-likeness (QED) is 0.354. The normalized spacial score (nSPS) is 12.2. The van der Waals surface area contributed by atoms with Crippen molar-refractivity contribution in [1.82, 2.24) is 0 Å². The van der Waals surface area contributed by atoms with Crippen LogP contribution in [0.5, 0.6) is 0 Å². The second-order valence-corrected chi connectivity index (χ2v) is 3.38. The second kappa shape index (κ2) is 8.48. The van der Waals surface area contributed by atoms with Crippen LogP contribution in [-0.4, -0.2) is 25.3 Å². The molecule has 88 valence electrons. The van der Waals surface area contributed by atoms with Crippen LogP contribution in [0.25, 0.3) is 0 Å². The van der Waals surface area contributed by atoms with E-state index in [-0.39, 0.29) is 12.1 Å². The topological polar surface area (TPSA) is 35.5 Å². The number of carbonyl (C=O) groups excluding carboxylic acids is 1. The van der Waals surface area contributed by atoms with Gasteiger partial charge in [-0.2, -0.15) is 0 Å². The molecule has 0 heterocycles.